The molecule has 1 fully saturated rings. The Labute approximate surface area is 104 Å². The van der Waals surface area contributed by atoms with Gasteiger partial charge in [-0.15, -0.1) is 0 Å². The van der Waals surface area contributed by atoms with E-state index < -0.39 is 0 Å². The summed E-state index contributed by atoms with van der Waals surface area (Å²) in [5, 5.41) is 2.99. The molecule has 3 N–H and O–H groups in total. The van der Waals surface area contributed by atoms with E-state index in [2.05, 4.69) is 19.2 Å². The fraction of sp³-hybridized carbons (Fsp3) is 0.923. The lowest BCUT2D eigenvalue weighted by atomic mass is 9.92. The molecule has 0 aromatic heterocycles. The van der Waals surface area contributed by atoms with Gasteiger partial charge < -0.3 is 15.8 Å². The van der Waals surface area contributed by atoms with Crippen LogP contribution in [0.25, 0.3) is 0 Å². The third-order valence-corrected chi connectivity index (χ3v) is 3.66. The van der Waals surface area contributed by atoms with Crippen LogP contribution in [0.5, 0.6) is 0 Å². The summed E-state index contributed by atoms with van der Waals surface area (Å²) in [7, 11) is 0. The van der Waals surface area contributed by atoms with Crippen molar-refractivity contribution in [2.45, 2.75) is 46.3 Å². The molecule has 100 valence electrons. The van der Waals surface area contributed by atoms with E-state index in [1.165, 1.54) is 0 Å². The number of rotatable bonds is 5. The van der Waals surface area contributed by atoms with Gasteiger partial charge in [0.1, 0.15) is 0 Å². The van der Waals surface area contributed by atoms with Crippen molar-refractivity contribution < 1.29 is 9.53 Å². The van der Waals surface area contributed by atoms with Gasteiger partial charge in [-0.1, -0.05) is 20.8 Å². The van der Waals surface area contributed by atoms with Gasteiger partial charge in [-0.3, -0.25) is 4.79 Å². The molecule has 0 spiro atoms. The number of hydrogen-bond acceptors (Lipinski definition) is 3. The van der Waals surface area contributed by atoms with Crippen LogP contribution in [0.1, 0.15) is 34.1 Å². The number of carbonyl (C=O) groups is 1. The van der Waals surface area contributed by atoms with Crippen LogP contribution < -0.4 is 11.1 Å². The molecule has 0 saturated carbocycles. The van der Waals surface area contributed by atoms with Crippen molar-refractivity contribution in [3.63, 3.8) is 0 Å². The van der Waals surface area contributed by atoms with Gasteiger partial charge in [0, 0.05) is 31.0 Å². The quantitative estimate of drug-likeness (QED) is 0.760. The molecule has 0 bridgehead atoms. The van der Waals surface area contributed by atoms with Crippen molar-refractivity contribution in [1.29, 1.82) is 0 Å². The van der Waals surface area contributed by atoms with Crippen molar-refractivity contribution in [3.05, 3.63) is 0 Å². The molecule has 4 heteroatoms. The Morgan fingerprint density at radius 2 is 2.06 bits per heavy atom. The van der Waals surface area contributed by atoms with Crippen LogP contribution in [-0.2, 0) is 9.53 Å². The van der Waals surface area contributed by atoms with Crippen molar-refractivity contribution in [2.75, 3.05) is 13.2 Å². The second-order valence-corrected chi connectivity index (χ2v) is 5.52. The average molecular weight is 242 g/mol. The van der Waals surface area contributed by atoms with E-state index in [0.717, 1.165) is 13.0 Å². The Balaban J connectivity index is 2.37. The minimum atomic E-state index is -0.130. The van der Waals surface area contributed by atoms with Crippen LogP contribution in [0.2, 0.25) is 0 Å². The lowest BCUT2D eigenvalue weighted by Crippen LogP contribution is -2.42. The molecular formula is C13H26N2O2. The first-order valence-electron chi connectivity index (χ1n) is 6.58. The lowest BCUT2D eigenvalue weighted by molar-refractivity contribution is -0.125. The third kappa shape index (κ3) is 3.96. The van der Waals surface area contributed by atoms with Crippen LogP contribution in [0.15, 0.2) is 0 Å². The summed E-state index contributed by atoms with van der Waals surface area (Å²) >= 11 is 0. The van der Waals surface area contributed by atoms with Crippen molar-refractivity contribution >= 4 is 5.91 Å². The van der Waals surface area contributed by atoms with Crippen molar-refractivity contribution in [2.24, 2.45) is 23.5 Å². The zero-order chi connectivity index (χ0) is 13.0. The topological polar surface area (TPSA) is 64.3 Å². The van der Waals surface area contributed by atoms with Gasteiger partial charge in [0.15, 0.2) is 0 Å². The second-order valence-electron chi connectivity index (χ2n) is 5.52. The van der Waals surface area contributed by atoms with Crippen LogP contribution in [0.4, 0.5) is 0 Å². The molecule has 4 unspecified atom stereocenters. The Morgan fingerprint density at radius 3 is 2.59 bits per heavy atom. The summed E-state index contributed by atoms with van der Waals surface area (Å²) in [6, 6.07) is -0.101. The first-order chi connectivity index (χ1) is 7.93. The molecule has 0 aromatic carbocycles. The predicted octanol–water partition coefficient (Wildman–Crippen LogP) is 1.15. The monoisotopic (exact) mass is 242 g/mol. The highest BCUT2D eigenvalue weighted by molar-refractivity contribution is 5.78. The van der Waals surface area contributed by atoms with E-state index in [4.69, 9.17) is 10.5 Å². The van der Waals surface area contributed by atoms with Gasteiger partial charge in [0.2, 0.25) is 5.91 Å². The summed E-state index contributed by atoms with van der Waals surface area (Å²) in [6.45, 7) is 9.57. The molecule has 0 aliphatic carbocycles. The molecule has 1 aliphatic rings. The van der Waals surface area contributed by atoms with Crippen molar-refractivity contribution in [3.8, 4) is 0 Å². The summed E-state index contributed by atoms with van der Waals surface area (Å²) in [5.41, 5.74) is 5.71. The molecule has 1 heterocycles. The standard InChI is InChI=1S/C13H26N2O2/c1-8(2)12-11(5-6-17-12)7-15-13(16)9(3)10(4)14/h8-12H,5-7,14H2,1-4H3,(H,15,16). The lowest BCUT2D eigenvalue weighted by Gasteiger charge is -2.23. The maximum Gasteiger partial charge on any atom is 0.224 e. The summed E-state index contributed by atoms with van der Waals surface area (Å²) in [4.78, 5) is 11.8. The van der Waals surface area contributed by atoms with E-state index in [1.54, 1.807) is 0 Å². The first kappa shape index (κ1) is 14.5. The molecule has 0 radical (unpaired) electrons. The highest BCUT2D eigenvalue weighted by Crippen LogP contribution is 2.26. The van der Waals surface area contributed by atoms with Gasteiger partial charge in [0.25, 0.3) is 0 Å². The molecule has 1 saturated heterocycles. The minimum Gasteiger partial charge on any atom is -0.378 e. The number of nitrogens with one attached hydrogen (secondary N) is 1. The number of carbonyl (C=O) groups excluding carboxylic acids is 1. The Hall–Kier alpha value is -0.610. The van der Waals surface area contributed by atoms with E-state index in [0.29, 0.717) is 18.4 Å². The normalized spacial score (nSPS) is 28.1. The molecule has 1 amide bonds. The number of ether oxygens (including phenoxy) is 1. The highest BCUT2D eigenvalue weighted by Gasteiger charge is 2.31. The largest absolute Gasteiger partial charge is 0.378 e. The highest BCUT2D eigenvalue weighted by atomic mass is 16.5. The van der Waals surface area contributed by atoms with E-state index in [-0.39, 0.29) is 24.0 Å². The maximum absolute atomic E-state index is 11.8. The smallest absolute Gasteiger partial charge is 0.224 e. The molecule has 1 rings (SSSR count). The Morgan fingerprint density at radius 1 is 1.41 bits per heavy atom. The minimum absolute atomic E-state index is 0.0504. The predicted molar refractivity (Wildman–Crippen MR) is 68.5 cm³/mol. The second kappa shape index (κ2) is 6.36. The Bertz CT molecular complexity index is 254. The molecule has 4 nitrogen and oxygen atoms in total. The molecule has 4 atom stereocenters. The zero-order valence-electron chi connectivity index (χ0n) is 11.4. The van der Waals surface area contributed by atoms with Gasteiger partial charge in [-0.05, 0) is 19.3 Å². The summed E-state index contributed by atoms with van der Waals surface area (Å²) < 4.78 is 5.69. The SMILES string of the molecule is CC(C)C1OCCC1CNC(=O)C(C)C(C)N. The zero-order valence-corrected chi connectivity index (χ0v) is 11.4. The Kier molecular flexibility index (Phi) is 5.40. The van der Waals surface area contributed by atoms with Gasteiger partial charge >= 0.3 is 0 Å². The van der Waals surface area contributed by atoms with Crippen molar-refractivity contribution in [1.82, 2.24) is 5.32 Å². The van der Waals surface area contributed by atoms with E-state index >= 15 is 0 Å². The van der Waals surface area contributed by atoms with Crippen LogP contribution >= 0.6 is 0 Å². The first-order valence-corrected chi connectivity index (χ1v) is 6.58. The molecule has 1 aliphatic heterocycles. The fourth-order valence-electron chi connectivity index (χ4n) is 2.24. The third-order valence-electron chi connectivity index (χ3n) is 3.66. The number of hydrogen-bond donors (Lipinski definition) is 2. The molecule has 17 heavy (non-hydrogen) atoms. The maximum atomic E-state index is 11.8. The van der Waals surface area contributed by atoms with Gasteiger partial charge in [-0.25, -0.2) is 0 Å². The van der Waals surface area contributed by atoms with E-state index in [9.17, 15) is 4.79 Å². The van der Waals surface area contributed by atoms with Gasteiger partial charge in [-0.2, -0.15) is 0 Å². The molecule has 0 aromatic rings. The number of nitrogens with two attached hydrogens (primary N) is 1. The summed E-state index contributed by atoms with van der Waals surface area (Å²) in [6.07, 6.45) is 1.32. The summed E-state index contributed by atoms with van der Waals surface area (Å²) in [5.74, 6) is 0.869. The molecular weight excluding hydrogens is 216 g/mol. The number of amides is 1. The average Bonchev–Trinajstić information content (AvgIpc) is 2.72. The van der Waals surface area contributed by atoms with Gasteiger partial charge in [0.05, 0.1) is 6.10 Å². The van der Waals surface area contributed by atoms with E-state index in [1.807, 2.05) is 13.8 Å². The van der Waals surface area contributed by atoms with Crippen LogP contribution in [0.3, 0.4) is 0 Å². The fourth-order valence-corrected chi connectivity index (χ4v) is 2.24. The van der Waals surface area contributed by atoms with Crippen LogP contribution in [0, 0.1) is 17.8 Å². The van der Waals surface area contributed by atoms with Crippen LogP contribution in [-0.4, -0.2) is 31.2 Å².